The standard InChI is InChI=1S/C8H17NO/c1-8(2)4-5-9-6-7-10-3/h9H,1,4-7H2,2-3H3. The van der Waals surface area contributed by atoms with E-state index in [1.807, 2.05) is 6.92 Å². The summed E-state index contributed by atoms with van der Waals surface area (Å²) in [4.78, 5) is 0. The largest absolute Gasteiger partial charge is 0.383 e. The second kappa shape index (κ2) is 6.78. The number of hydrogen-bond acceptors (Lipinski definition) is 2. The van der Waals surface area contributed by atoms with Crippen molar-refractivity contribution in [2.75, 3.05) is 26.8 Å². The highest BCUT2D eigenvalue weighted by Gasteiger charge is 1.86. The van der Waals surface area contributed by atoms with Gasteiger partial charge < -0.3 is 10.1 Å². The summed E-state index contributed by atoms with van der Waals surface area (Å²) < 4.78 is 4.86. The first kappa shape index (κ1) is 9.66. The summed E-state index contributed by atoms with van der Waals surface area (Å²) in [5, 5.41) is 3.23. The quantitative estimate of drug-likeness (QED) is 0.445. The first-order valence-corrected chi connectivity index (χ1v) is 3.61. The molecule has 0 radical (unpaired) electrons. The van der Waals surface area contributed by atoms with Crippen LogP contribution in [0.4, 0.5) is 0 Å². The van der Waals surface area contributed by atoms with Gasteiger partial charge in [0.1, 0.15) is 0 Å². The van der Waals surface area contributed by atoms with Gasteiger partial charge in [-0.2, -0.15) is 0 Å². The van der Waals surface area contributed by atoms with Crippen LogP contribution in [-0.4, -0.2) is 26.8 Å². The number of rotatable bonds is 6. The zero-order valence-corrected chi connectivity index (χ0v) is 6.94. The molecule has 0 aliphatic carbocycles. The van der Waals surface area contributed by atoms with Crippen molar-refractivity contribution in [3.63, 3.8) is 0 Å². The van der Waals surface area contributed by atoms with Crippen LogP contribution in [0, 0.1) is 0 Å². The molecular weight excluding hydrogens is 126 g/mol. The minimum atomic E-state index is 0.788. The van der Waals surface area contributed by atoms with Gasteiger partial charge in [0.2, 0.25) is 0 Å². The maximum atomic E-state index is 4.86. The third-order valence-corrected chi connectivity index (χ3v) is 1.21. The summed E-state index contributed by atoms with van der Waals surface area (Å²) in [5.74, 6) is 0. The molecule has 0 amide bonds. The molecule has 0 aliphatic heterocycles. The van der Waals surface area contributed by atoms with E-state index in [-0.39, 0.29) is 0 Å². The van der Waals surface area contributed by atoms with Gasteiger partial charge in [-0.1, -0.05) is 5.57 Å². The Kier molecular flexibility index (Phi) is 6.55. The molecule has 0 spiro atoms. The molecule has 0 unspecified atom stereocenters. The molecule has 0 aromatic rings. The number of methoxy groups -OCH3 is 1. The highest BCUT2D eigenvalue weighted by atomic mass is 16.5. The third kappa shape index (κ3) is 7.66. The number of hydrogen-bond donors (Lipinski definition) is 1. The molecule has 10 heavy (non-hydrogen) atoms. The Bertz CT molecular complexity index is 91.3. The lowest BCUT2D eigenvalue weighted by atomic mass is 10.2. The number of ether oxygens (including phenoxy) is 1. The van der Waals surface area contributed by atoms with E-state index in [0.717, 1.165) is 26.1 Å². The van der Waals surface area contributed by atoms with Crippen molar-refractivity contribution in [1.29, 1.82) is 0 Å². The summed E-state index contributed by atoms with van der Waals surface area (Å²) in [6.07, 6.45) is 1.06. The second-order valence-electron chi connectivity index (χ2n) is 2.45. The predicted molar refractivity (Wildman–Crippen MR) is 44.2 cm³/mol. The monoisotopic (exact) mass is 143 g/mol. The fourth-order valence-electron chi connectivity index (χ4n) is 0.601. The van der Waals surface area contributed by atoms with Crippen LogP contribution in [0.1, 0.15) is 13.3 Å². The third-order valence-electron chi connectivity index (χ3n) is 1.21. The van der Waals surface area contributed by atoms with Crippen molar-refractivity contribution >= 4 is 0 Å². The fraction of sp³-hybridized carbons (Fsp3) is 0.750. The molecule has 0 bridgehead atoms. The average molecular weight is 143 g/mol. The Morgan fingerprint density at radius 1 is 1.50 bits per heavy atom. The molecule has 60 valence electrons. The van der Waals surface area contributed by atoms with E-state index in [4.69, 9.17) is 4.74 Å². The summed E-state index contributed by atoms with van der Waals surface area (Å²) in [6.45, 7) is 8.58. The molecule has 0 atom stereocenters. The minimum Gasteiger partial charge on any atom is -0.383 e. The Hall–Kier alpha value is -0.340. The molecule has 0 saturated carbocycles. The SMILES string of the molecule is C=C(C)CCNCCOC. The van der Waals surface area contributed by atoms with E-state index in [2.05, 4.69) is 11.9 Å². The lowest BCUT2D eigenvalue weighted by Crippen LogP contribution is -2.20. The maximum Gasteiger partial charge on any atom is 0.0587 e. The van der Waals surface area contributed by atoms with Crippen LogP contribution in [0.25, 0.3) is 0 Å². The van der Waals surface area contributed by atoms with Gasteiger partial charge in [0.05, 0.1) is 6.61 Å². The average Bonchev–Trinajstić information content (AvgIpc) is 1.87. The van der Waals surface area contributed by atoms with Crippen LogP contribution in [0.3, 0.4) is 0 Å². The molecular formula is C8H17NO. The zero-order valence-electron chi connectivity index (χ0n) is 6.94. The van der Waals surface area contributed by atoms with E-state index < -0.39 is 0 Å². The highest BCUT2D eigenvalue weighted by molar-refractivity contribution is 4.87. The van der Waals surface area contributed by atoms with E-state index in [1.165, 1.54) is 5.57 Å². The van der Waals surface area contributed by atoms with Gasteiger partial charge >= 0.3 is 0 Å². The van der Waals surface area contributed by atoms with Crippen LogP contribution in [0.5, 0.6) is 0 Å². The summed E-state index contributed by atoms with van der Waals surface area (Å²) >= 11 is 0. The van der Waals surface area contributed by atoms with E-state index in [9.17, 15) is 0 Å². The molecule has 0 aromatic heterocycles. The second-order valence-corrected chi connectivity index (χ2v) is 2.45. The first-order valence-electron chi connectivity index (χ1n) is 3.61. The van der Waals surface area contributed by atoms with Crippen LogP contribution >= 0.6 is 0 Å². The van der Waals surface area contributed by atoms with Gasteiger partial charge in [-0.3, -0.25) is 0 Å². The van der Waals surface area contributed by atoms with Crippen molar-refractivity contribution in [2.24, 2.45) is 0 Å². The van der Waals surface area contributed by atoms with Gasteiger partial charge in [0.25, 0.3) is 0 Å². The first-order chi connectivity index (χ1) is 4.77. The van der Waals surface area contributed by atoms with Gasteiger partial charge in [-0.25, -0.2) is 0 Å². The summed E-state index contributed by atoms with van der Waals surface area (Å²) in [5.41, 5.74) is 1.23. The molecule has 0 rings (SSSR count). The normalized spacial score (nSPS) is 9.80. The summed E-state index contributed by atoms with van der Waals surface area (Å²) in [6, 6.07) is 0. The fourth-order valence-corrected chi connectivity index (χ4v) is 0.601. The van der Waals surface area contributed by atoms with Crippen molar-refractivity contribution in [3.05, 3.63) is 12.2 Å². The molecule has 0 fully saturated rings. The van der Waals surface area contributed by atoms with Gasteiger partial charge in [-0.05, 0) is 19.9 Å². The molecule has 0 aromatic carbocycles. The summed E-state index contributed by atoms with van der Waals surface area (Å²) in [7, 11) is 1.71. The van der Waals surface area contributed by atoms with E-state index >= 15 is 0 Å². The topological polar surface area (TPSA) is 21.3 Å². The predicted octanol–water partition coefficient (Wildman–Crippen LogP) is 1.19. The molecule has 1 N–H and O–H groups in total. The van der Waals surface area contributed by atoms with Gasteiger partial charge in [0.15, 0.2) is 0 Å². The van der Waals surface area contributed by atoms with Crippen LogP contribution < -0.4 is 5.32 Å². The maximum absolute atomic E-state index is 4.86. The van der Waals surface area contributed by atoms with Crippen molar-refractivity contribution in [3.8, 4) is 0 Å². The lowest BCUT2D eigenvalue weighted by Gasteiger charge is -2.02. The van der Waals surface area contributed by atoms with E-state index in [1.54, 1.807) is 7.11 Å². The van der Waals surface area contributed by atoms with E-state index in [0.29, 0.717) is 0 Å². The minimum absolute atomic E-state index is 0.788. The van der Waals surface area contributed by atoms with Crippen LogP contribution in [0.15, 0.2) is 12.2 Å². The molecule has 0 heterocycles. The molecule has 2 heteroatoms. The molecule has 2 nitrogen and oxygen atoms in total. The highest BCUT2D eigenvalue weighted by Crippen LogP contribution is 1.90. The zero-order chi connectivity index (χ0) is 7.82. The Morgan fingerprint density at radius 2 is 2.20 bits per heavy atom. The van der Waals surface area contributed by atoms with Gasteiger partial charge in [-0.15, -0.1) is 6.58 Å². The number of nitrogens with one attached hydrogen (secondary N) is 1. The lowest BCUT2D eigenvalue weighted by molar-refractivity contribution is 0.199. The van der Waals surface area contributed by atoms with Crippen LogP contribution in [-0.2, 0) is 4.74 Å². The molecule has 0 saturated heterocycles. The Balaban J connectivity index is 2.84. The Morgan fingerprint density at radius 3 is 2.70 bits per heavy atom. The van der Waals surface area contributed by atoms with Crippen molar-refractivity contribution < 1.29 is 4.74 Å². The Labute approximate surface area is 63.3 Å². The van der Waals surface area contributed by atoms with Crippen molar-refractivity contribution in [1.82, 2.24) is 5.32 Å². The van der Waals surface area contributed by atoms with Crippen molar-refractivity contribution in [2.45, 2.75) is 13.3 Å². The smallest absolute Gasteiger partial charge is 0.0587 e. The molecule has 0 aliphatic rings. The van der Waals surface area contributed by atoms with Gasteiger partial charge in [0, 0.05) is 13.7 Å². The van der Waals surface area contributed by atoms with Crippen LogP contribution in [0.2, 0.25) is 0 Å².